The van der Waals surface area contributed by atoms with Crippen LogP contribution in [0.3, 0.4) is 0 Å². The molecule has 2 bridgehead atoms. The maximum absolute atomic E-state index is 6.06. The summed E-state index contributed by atoms with van der Waals surface area (Å²) < 4.78 is 0. The molecule has 4 unspecified atom stereocenters. The van der Waals surface area contributed by atoms with Gasteiger partial charge >= 0.3 is 0 Å². The molecule has 14 heavy (non-hydrogen) atoms. The summed E-state index contributed by atoms with van der Waals surface area (Å²) in [7, 11) is 0. The highest BCUT2D eigenvalue weighted by Gasteiger charge is 2.43. The second kappa shape index (κ2) is 3.21. The zero-order chi connectivity index (χ0) is 9.71. The van der Waals surface area contributed by atoms with Crippen LogP contribution in [-0.4, -0.2) is 29.6 Å². The number of rotatable bonds is 2. The van der Waals surface area contributed by atoms with Gasteiger partial charge in [-0.15, -0.1) is 0 Å². The third-order valence-electron chi connectivity index (χ3n) is 4.64. The fourth-order valence-electron chi connectivity index (χ4n) is 3.54. The molecule has 3 aliphatic rings. The Morgan fingerprint density at radius 1 is 1.14 bits per heavy atom. The van der Waals surface area contributed by atoms with Crippen LogP contribution >= 0.6 is 0 Å². The average molecular weight is 194 g/mol. The lowest BCUT2D eigenvalue weighted by molar-refractivity contribution is 0.120. The van der Waals surface area contributed by atoms with Crippen molar-refractivity contribution < 1.29 is 0 Å². The number of nitrogens with two attached hydrogens (primary N) is 1. The van der Waals surface area contributed by atoms with Crippen molar-refractivity contribution >= 4 is 0 Å². The minimum absolute atomic E-state index is 0.500. The number of nitrogens with zero attached hydrogens (tertiary/aromatic N) is 1. The quantitative estimate of drug-likeness (QED) is 0.723. The van der Waals surface area contributed by atoms with Gasteiger partial charge in [0.25, 0.3) is 0 Å². The van der Waals surface area contributed by atoms with E-state index < -0.39 is 0 Å². The molecule has 2 aliphatic heterocycles. The van der Waals surface area contributed by atoms with Crippen molar-refractivity contribution in [3.8, 4) is 0 Å². The third kappa shape index (κ3) is 1.49. The molecular weight excluding hydrogens is 172 g/mol. The van der Waals surface area contributed by atoms with Gasteiger partial charge in [-0.2, -0.15) is 0 Å². The first kappa shape index (κ1) is 9.17. The van der Waals surface area contributed by atoms with E-state index >= 15 is 0 Å². The Kier molecular flexibility index (Phi) is 2.10. The van der Waals surface area contributed by atoms with Crippen molar-refractivity contribution in [1.82, 2.24) is 4.90 Å². The monoisotopic (exact) mass is 194 g/mol. The first-order valence-electron chi connectivity index (χ1n) is 6.25. The molecule has 2 heteroatoms. The molecule has 2 heterocycles. The summed E-state index contributed by atoms with van der Waals surface area (Å²) >= 11 is 0. The number of hydrogen-bond acceptors (Lipinski definition) is 2. The van der Waals surface area contributed by atoms with Gasteiger partial charge in [0.15, 0.2) is 0 Å². The molecule has 0 aromatic heterocycles. The first-order chi connectivity index (χ1) is 6.74. The van der Waals surface area contributed by atoms with Crippen LogP contribution in [0.1, 0.15) is 39.0 Å². The molecule has 0 aromatic carbocycles. The molecule has 2 N–H and O–H groups in total. The first-order valence-corrected chi connectivity index (χ1v) is 6.25. The molecular formula is C12H22N2. The van der Waals surface area contributed by atoms with Crippen LogP contribution in [0, 0.1) is 11.8 Å². The SMILES string of the molecule is CC1CC1CN1C2CCC1CC(N)C2. The minimum atomic E-state index is 0.500. The van der Waals surface area contributed by atoms with Gasteiger partial charge < -0.3 is 5.73 Å². The number of piperidine rings is 1. The van der Waals surface area contributed by atoms with Crippen LogP contribution < -0.4 is 5.73 Å². The summed E-state index contributed by atoms with van der Waals surface area (Å²) in [6, 6.07) is 2.19. The molecule has 1 aliphatic carbocycles. The summed E-state index contributed by atoms with van der Waals surface area (Å²) in [5, 5.41) is 0. The van der Waals surface area contributed by atoms with Gasteiger partial charge in [0.1, 0.15) is 0 Å². The molecule has 0 radical (unpaired) electrons. The Balaban J connectivity index is 1.63. The van der Waals surface area contributed by atoms with E-state index in [0.29, 0.717) is 6.04 Å². The highest BCUT2D eigenvalue weighted by Crippen LogP contribution is 2.43. The largest absolute Gasteiger partial charge is 0.328 e. The summed E-state index contributed by atoms with van der Waals surface area (Å²) in [4.78, 5) is 2.79. The zero-order valence-electron chi connectivity index (χ0n) is 9.15. The van der Waals surface area contributed by atoms with E-state index in [9.17, 15) is 0 Å². The van der Waals surface area contributed by atoms with Crippen LogP contribution in [-0.2, 0) is 0 Å². The predicted octanol–water partition coefficient (Wildman–Crippen LogP) is 1.60. The van der Waals surface area contributed by atoms with Crippen molar-refractivity contribution in [1.29, 1.82) is 0 Å². The molecule has 0 amide bonds. The standard InChI is InChI=1S/C12H22N2/c1-8-4-9(8)7-14-11-2-3-12(14)6-10(13)5-11/h8-12H,2-7,13H2,1H3. The van der Waals surface area contributed by atoms with E-state index in [1.807, 2.05) is 0 Å². The van der Waals surface area contributed by atoms with Crippen LogP contribution in [0.2, 0.25) is 0 Å². The Labute approximate surface area is 86.8 Å². The summed E-state index contributed by atoms with van der Waals surface area (Å²) in [5.74, 6) is 2.03. The molecule has 1 saturated carbocycles. The Hall–Kier alpha value is -0.0800. The smallest absolute Gasteiger partial charge is 0.0114 e. The number of fused-ring (bicyclic) bond motifs is 2. The van der Waals surface area contributed by atoms with Crippen molar-refractivity contribution in [2.45, 2.75) is 57.2 Å². The van der Waals surface area contributed by atoms with Crippen molar-refractivity contribution in [2.75, 3.05) is 6.54 Å². The van der Waals surface area contributed by atoms with E-state index in [-0.39, 0.29) is 0 Å². The Bertz CT molecular complexity index is 214. The fraction of sp³-hybridized carbons (Fsp3) is 1.00. The lowest BCUT2D eigenvalue weighted by Crippen LogP contribution is -2.48. The number of hydrogen-bond donors (Lipinski definition) is 1. The maximum Gasteiger partial charge on any atom is 0.0114 e. The summed E-state index contributed by atoms with van der Waals surface area (Å²) in [6.45, 7) is 3.77. The maximum atomic E-state index is 6.06. The van der Waals surface area contributed by atoms with Crippen LogP contribution in [0.5, 0.6) is 0 Å². The normalized spacial score (nSPS) is 52.3. The van der Waals surface area contributed by atoms with Gasteiger partial charge in [-0.25, -0.2) is 0 Å². The lowest BCUT2D eigenvalue weighted by atomic mass is 9.98. The Morgan fingerprint density at radius 3 is 2.21 bits per heavy atom. The molecule has 2 nitrogen and oxygen atoms in total. The highest BCUT2D eigenvalue weighted by atomic mass is 15.2. The van der Waals surface area contributed by atoms with E-state index in [1.54, 1.807) is 0 Å². The lowest BCUT2D eigenvalue weighted by Gasteiger charge is -2.37. The fourth-order valence-corrected chi connectivity index (χ4v) is 3.54. The zero-order valence-corrected chi connectivity index (χ0v) is 9.15. The molecule has 0 aromatic rings. The third-order valence-corrected chi connectivity index (χ3v) is 4.64. The molecule has 3 fully saturated rings. The minimum Gasteiger partial charge on any atom is -0.328 e. The van der Waals surface area contributed by atoms with Crippen molar-refractivity contribution in [2.24, 2.45) is 17.6 Å². The topological polar surface area (TPSA) is 29.3 Å². The Morgan fingerprint density at radius 2 is 1.71 bits per heavy atom. The van der Waals surface area contributed by atoms with Gasteiger partial charge in [0.2, 0.25) is 0 Å². The van der Waals surface area contributed by atoms with Gasteiger partial charge in [0.05, 0.1) is 0 Å². The van der Waals surface area contributed by atoms with Gasteiger partial charge in [-0.1, -0.05) is 6.92 Å². The second-order valence-corrected chi connectivity index (χ2v) is 5.79. The highest BCUT2D eigenvalue weighted by molar-refractivity contribution is 4.99. The average Bonchev–Trinajstić information content (AvgIpc) is 2.76. The van der Waals surface area contributed by atoms with Gasteiger partial charge in [0, 0.05) is 24.7 Å². The predicted molar refractivity (Wildman–Crippen MR) is 58.0 cm³/mol. The van der Waals surface area contributed by atoms with E-state index in [2.05, 4.69) is 11.8 Å². The van der Waals surface area contributed by atoms with Crippen molar-refractivity contribution in [3.05, 3.63) is 0 Å². The molecule has 3 rings (SSSR count). The second-order valence-electron chi connectivity index (χ2n) is 5.79. The van der Waals surface area contributed by atoms with Crippen LogP contribution in [0.4, 0.5) is 0 Å². The van der Waals surface area contributed by atoms with E-state index in [0.717, 1.165) is 23.9 Å². The summed E-state index contributed by atoms with van der Waals surface area (Å²) in [6.07, 6.45) is 6.83. The molecule has 4 atom stereocenters. The molecule has 2 saturated heterocycles. The van der Waals surface area contributed by atoms with Gasteiger partial charge in [-0.05, 0) is 43.9 Å². The van der Waals surface area contributed by atoms with Crippen LogP contribution in [0.15, 0.2) is 0 Å². The van der Waals surface area contributed by atoms with E-state index in [4.69, 9.17) is 5.73 Å². The van der Waals surface area contributed by atoms with Crippen molar-refractivity contribution in [3.63, 3.8) is 0 Å². The van der Waals surface area contributed by atoms with E-state index in [1.165, 1.54) is 38.6 Å². The molecule has 0 spiro atoms. The molecule has 80 valence electrons. The van der Waals surface area contributed by atoms with Crippen LogP contribution in [0.25, 0.3) is 0 Å². The summed E-state index contributed by atoms with van der Waals surface area (Å²) in [5.41, 5.74) is 6.06. The van der Waals surface area contributed by atoms with Gasteiger partial charge in [-0.3, -0.25) is 4.90 Å².